The van der Waals surface area contributed by atoms with Crippen LogP contribution in [0.4, 0.5) is 0 Å². The summed E-state index contributed by atoms with van der Waals surface area (Å²) in [6.07, 6.45) is 2.20. The Balaban J connectivity index is 2.29. The summed E-state index contributed by atoms with van der Waals surface area (Å²) in [5, 5.41) is 15.7. The fourth-order valence-corrected chi connectivity index (χ4v) is 2.12. The molecular formula is C12H24N2O2. The zero-order chi connectivity index (χ0) is 12.2. The highest BCUT2D eigenvalue weighted by Gasteiger charge is 2.35. The zero-order valence-electron chi connectivity index (χ0n) is 10.5. The van der Waals surface area contributed by atoms with Crippen LogP contribution in [0.25, 0.3) is 0 Å². The number of hydrogen-bond donors (Lipinski definition) is 3. The quantitative estimate of drug-likeness (QED) is 0.647. The monoisotopic (exact) mass is 228 g/mol. The van der Waals surface area contributed by atoms with Gasteiger partial charge in [0.05, 0.1) is 11.6 Å². The van der Waals surface area contributed by atoms with Crippen LogP contribution in [0.15, 0.2) is 0 Å². The Labute approximate surface area is 97.8 Å². The molecule has 0 aliphatic carbocycles. The van der Waals surface area contributed by atoms with Crippen molar-refractivity contribution in [1.82, 2.24) is 10.6 Å². The third kappa shape index (κ3) is 3.76. The lowest BCUT2D eigenvalue weighted by Gasteiger charge is -2.24. The van der Waals surface area contributed by atoms with E-state index in [9.17, 15) is 9.90 Å². The first kappa shape index (κ1) is 13.5. The number of aliphatic hydroxyl groups excluding tert-OH is 1. The molecule has 1 aliphatic rings. The molecule has 0 aromatic rings. The highest BCUT2D eigenvalue weighted by atomic mass is 16.3. The predicted octanol–water partition coefficient (Wildman–Crippen LogP) is 0.652. The van der Waals surface area contributed by atoms with E-state index in [1.165, 1.54) is 0 Å². The van der Waals surface area contributed by atoms with E-state index in [1.807, 2.05) is 6.92 Å². The molecular weight excluding hydrogens is 204 g/mol. The summed E-state index contributed by atoms with van der Waals surface area (Å²) in [7, 11) is 0. The summed E-state index contributed by atoms with van der Waals surface area (Å²) in [4.78, 5) is 11.9. The molecule has 1 rings (SSSR count). The summed E-state index contributed by atoms with van der Waals surface area (Å²) in [5.74, 6) is 0.458. The first-order chi connectivity index (χ1) is 7.44. The lowest BCUT2D eigenvalue weighted by atomic mass is 9.99. The van der Waals surface area contributed by atoms with Gasteiger partial charge in [-0.2, -0.15) is 0 Å². The van der Waals surface area contributed by atoms with Gasteiger partial charge in [0.2, 0.25) is 5.91 Å². The van der Waals surface area contributed by atoms with Gasteiger partial charge in [0.15, 0.2) is 0 Å². The number of nitrogens with one attached hydrogen (secondary N) is 2. The standard InChI is InChI=1S/C12H24N2O2/c1-9(2)7-10(15)8-13-11(16)12(3)5-4-6-14-12/h9-10,14-15H,4-8H2,1-3H3,(H,13,16). The second kappa shape index (κ2) is 5.64. The van der Waals surface area contributed by atoms with Gasteiger partial charge in [0.25, 0.3) is 0 Å². The SMILES string of the molecule is CC(C)CC(O)CNC(=O)C1(C)CCCN1. The first-order valence-electron chi connectivity index (χ1n) is 6.15. The molecule has 1 saturated heterocycles. The summed E-state index contributed by atoms with van der Waals surface area (Å²) < 4.78 is 0. The molecule has 1 fully saturated rings. The summed E-state index contributed by atoms with van der Waals surface area (Å²) in [6.45, 7) is 7.30. The minimum Gasteiger partial charge on any atom is -0.391 e. The second-order valence-corrected chi connectivity index (χ2v) is 5.36. The molecule has 1 aliphatic heterocycles. The van der Waals surface area contributed by atoms with E-state index in [4.69, 9.17) is 0 Å². The van der Waals surface area contributed by atoms with Crippen molar-refractivity contribution in [1.29, 1.82) is 0 Å². The van der Waals surface area contributed by atoms with Crippen molar-refractivity contribution in [2.75, 3.05) is 13.1 Å². The van der Waals surface area contributed by atoms with Crippen molar-refractivity contribution in [3.63, 3.8) is 0 Å². The van der Waals surface area contributed by atoms with E-state index in [-0.39, 0.29) is 5.91 Å². The summed E-state index contributed by atoms with van der Waals surface area (Å²) >= 11 is 0. The first-order valence-corrected chi connectivity index (χ1v) is 6.15. The molecule has 1 heterocycles. The lowest BCUT2D eigenvalue weighted by molar-refractivity contribution is -0.127. The molecule has 94 valence electrons. The number of carbonyl (C=O) groups is 1. The Hall–Kier alpha value is -0.610. The van der Waals surface area contributed by atoms with Crippen LogP contribution in [0.1, 0.15) is 40.0 Å². The Morgan fingerprint density at radius 1 is 1.56 bits per heavy atom. The van der Waals surface area contributed by atoms with Crippen molar-refractivity contribution < 1.29 is 9.90 Å². The van der Waals surface area contributed by atoms with Crippen LogP contribution in [-0.4, -0.2) is 35.7 Å². The van der Waals surface area contributed by atoms with Crippen LogP contribution >= 0.6 is 0 Å². The maximum Gasteiger partial charge on any atom is 0.240 e. The largest absolute Gasteiger partial charge is 0.391 e. The van der Waals surface area contributed by atoms with Gasteiger partial charge >= 0.3 is 0 Å². The van der Waals surface area contributed by atoms with Gasteiger partial charge in [-0.25, -0.2) is 0 Å². The Kier molecular flexibility index (Phi) is 4.74. The third-order valence-corrected chi connectivity index (χ3v) is 3.11. The molecule has 0 aromatic carbocycles. The molecule has 16 heavy (non-hydrogen) atoms. The van der Waals surface area contributed by atoms with E-state index in [0.717, 1.165) is 25.8 Å². The lowest BCUT2D eigenvalue weighted by Crippen LogP contribution is -2.52. The van der Waals surface area contributed by atoms with E-state index in [1.54, 1.807) is 0 Å². The number of amides is 1. The third-order valence-electron chi connectivity index (χ3n) is 3.11. The van der Waals surface area contributed by atoms with Crippen molar-refractivity contribution in [3.8, 4) is 0 Å². The maximum absolute atomic E-state index is 11.9. The van der Waals surface area contributed by atoms with Gasteiger partial charge in [-0.3, -0.25) is 4.79 Å². The molecule has 2 unspecified atom stereocenters. The van der Waals surface area contributed by atoms with E-state index >= 15 is 0 Å². The molecule has 1 amide bonds. The smallest absolute Gasteiger partial charge is 0.240 e. The average Bonchev–Trinajstić information content (AvgIpc) is 2.62. The van der Waals surface area contributed by atoms with Gasteiger partial charge in [-0.1, -0.05) is 13.8 Å². The van der Waals surface area contributed by atoms with Crippen LogP contribution in [0.3, 0.4) is 0 Å². The predicted molar refractivity (Wildman–Crippen MR) is 64.1 cm³/mol. The summed E-state index contributed by atoms with van der Waals surface area (Å²) in [6, 6.07) is 0. The van der Waals surface area contributed by atoms with Crippen LogP contribution in [0.2, 0.25) is 0 Å². The molecule has 4 heteroatoms. The topological polar surface area (TPSA) is 61.4 Å². The van der Waals surface area contributed by atoms with E-state index in [2.05, 4.69) is 24.5 Å². The normalized spacial score (nSPS) is 27.1. The minimum absolute atomic E-state index is 0.00723. The van der Waals surface area contributed by atoms with Crippen molar-refractivity contribution in [2.24, 2.45) is 5.92 Å². The van der Waals surface area contributed by atoms with Crippen molar-refractivity contribution in [2.45, 2.75) is 51.7 Å². The van der Waals surface area contributed by atoms with Crippen molar-refractivity contribution >= 4 is 5.91 Å². The van der Waals surface area contributed by atoms with Crippen LogP contribution in [0.5, 0.6) is 0 Å². The Morgan fingerprint density at radius 2 is 2.25 bits per heavy atom. The molecule has 0 radical (unpaired) electrons. The molecule has 0 spiro atoms. The summed E-state index contributed by atoms with van der Waals surface area (Å²) in [5.41, 5.74) is -0.433. The number of carbonyl (C=O) groups excluding carboxylic acids is 1. The van der Waals surface area contributed by atoms with Gasteiger partial charge in [-0.05, 0) is 38.6 Å². The van der Waals surface area contributed by atoms with Gasteiger partial charge in [0.1, 0.15) is 0 Å². The van der Waals surface area contributed by atoms with Crippen LogP contribution in [0, 0.1) is 5.92 Å². The Morgan fingerprint density at radius 3 is 2.75 bits per heavy atom. The van der Waals surface area contributed by atoms with Gasteiger partial charge in [0, 0.05) is 6.54 Å². The molecule has 3 N–H and O–H groups in total. The Bertz CT molecular complexity index is 235. The number of hydrogen-bond acceptors (Lipinski definition) is 3. The molecule has 0 bridgehead atoms. The molecule has 4 nitrogen and oxygen atoms in total. The van der Waals surface area contributed by atoms with Gasteiger partial charge < -0.3 is 15.7 Å². The van der Waals surface area contributed by atoms with E-state index < -0.39 is 11.6 Å². The zero-order valence-corrected chi connectivity index (χ0v) is 10.5. The minimum atomic E-state index is -0.436. The number of aliphatic hydroxyl groups is 1. The van der Waals surface area contributed by atoms with Crippen LogP contribution < -0.4 is 10.6 Å². The fraction of sp³-hybridized carbons (Fsp3) is 0.917. The van der Waals surface area contributed by atoms with Crippen LogP contribution in [-0.2, 0) is 4.79 Å². The van der Waals surface area contributed by atoms with Crippen molar-refractivity contribution in [3.05, 3.63) is 0 Å². The molecule has 2 atom stereocenters. The molecule has 0 saturated carbocycles. The highest BCUT2D eigenvalue weighted by molar-refractivity contribution is 5.86. The number of rotatable bonds is 5. The van der Waals surface area contributed by atoms with E-state index in [0.29, 0.717) is 12.5 Å². The maximum atomic E-state index is 11.9. The molecule has 0 aromatic heterocycles. The van der Waals surface area contributed by atoms with Gasteiger partial charge in [-0.15, -0.1) is 0 Å². The highest BCUT2D eigenvalue weighted by Crippen LogP contribution is 2.18. The second-order valence-electron chi connectivity index (χ2n) is 5.36. The average molecular weight is 228 g/mol. The fourth-order valence-electron chi connectivity index (χ4n) is 2.12.